The van der Waals surface area contributed by atoms with E-state index in [0.717, 1.165) is 6.26 Å². The Labute approximate surface area is 176 Å². The average molecular weight is 441 g/mol. The van der Waals surface area contributed by atoms with Crippen LogP contribution in [0, 0.1) is 17.0 Å². The van der Waals surface area contributed by atoms with Gasteiger partial charge in [-0.2, -0.15) is 0 Å². The number of nitro groups is 1. The van der Waals surface area contributed by atoms with E-state index >= 15 is 0 Å². The maximum Gasteiger partial charge on any atom is 0.272 e. The van der Waals surface area contributed by atoms with Crippen molar-refractivity contribution in [2.24, 2.45) is 0 Å². The predicted octanol–water partition coefficient (Wildman–Crippen LogP) is 1.30. The Kier molecular flexibility index (Phi) is 7.90. The van der Waals surface area contributed by atoms with Gasteiger partial charge in [0.05, 0.1) is 11.2 Å². The van der Waals surface area contributed by atoms with Gasteiger partial charge in [-0.3, -0.25) is 19.7 Å². The zero-order valence-corrected chi connectivity index (χ0v) is 18.3. The highest BCUT2D eigenvalue weighted by Gasteiger charge is 2.34. The number of carbonyl (C=O) groups excluding carboxylic acids is 2. The normalized spacial score (nSPS) is 16.7. The summed E-state index contributed by atoms with van der Waals surface area (Å²) in [5.41, 5.74) is 0.638. The maximum atomic E-state index is 12.9. The summed E-state index contributed by atoms with van der Waals surface area (Å²) in [5, 5.41) is 13.7. The fourth-order valence-corrected chi connectivity index (χ4v) is 4.51. The minimum atomic E-state index is -3.27. The molecule has 1 saturated heterocycles. The molecule has 1 heterocycles. The minimum Gasteiger partial charge on any atom is -0.354 e. The van der Waals surface area contributed by atoms with Crippen molar-refractivity contribution in [3.63, 3.8) is 0 Å². The summed E-state index contributed by atoms with van der Waals surface area (Å²) in [7, 11) is -3.27. The third-order valence-corrected chi connectivity index (χ3v) is 6.54. The van der Waals surface area contributed by atoms with Gasteiger partial charge in [0.1, 0.15) is 6.04 Å². The lowest BCUT2D eigenvalue weighted by Gasteiger charge is -2.24. The standard InChI is InChI=1S/C19H28N4O6S/c1-4-21(30(3,28)29)11-6-10-20-18(24)17-7-5-12-22(17)19(25)15-8-9-16(23(26)27)14(2)13-15/h8-9,13,17H,4-7,10-12H2,1-3H3,(H,20,24). The van der Waals surface area contributed by atoms with Crippen molar-refractivity contribution in [3.05, 3.63) is 39.4 Å². The molecule has 11 heteroatoms. The van der Waals surface area contributed by atoms with E-state index in [-0.39, 0.29) is 17.5 Å². The molecule has 1 aliphatic rings. The molecule has 1 fully saturated rings. The smallest absolute Gasteiger partial charge is 0.272 e. The van der Waals surface area contributed by atoms with Crippen molar-refractivity contribution in [2.75, 3.05) is 32.4 Å². The van der Waals surface area contributed by atoms with Crippen LogP contribution in [0.3, 0.4) is 0 Å². The van der Waals surface area contributed by atoms with E-state index in [4.69, 9.17) is 0 Å². The number of nitrogens with zero attached hydrogens (tertiary/aromatic N) is 3. The number of hydrogen-bond acceptors (Lipinski definition) is 6. The highest BCUT2D eigenvalue weighted by molar-refractivity contribution is 7.88. The molecule has 1 aliphatic heterocycles. The van der Waals surface area contributed by atoms with Gasteiger partial charge in [-0.15, -0.1) is 0 Å². The molecule has 10 nitrogen and oxygen atoms in total. The van der Waals surface area contributed by atoms with E-state index < -0.39 is 21.0 Å². The van der Waals surface area contributed by atoms with Crippen LogP contribution in [0.25, 0.3) is 0 Å². The van der Waals surface area contributed by atoms with Gasteiger partial charge >= 0.3 is 0 Å². The topological polar surface area (TPSA) is 130 Å². The molecule has 2 rings (SSSR count). The van der Waals surface area contributed by atoms with Crippen LogP contribution in [0.4, 0.5) is 5.69 Å². The highest BCUT2D eigenvalue weighted by Crippen LogP contribution is 2.24. The zero-order valence-electron chi connectivity index (χ0n) is 17.5. The van der Waals surface area contributed by atoms with E-state index in [1.165, 1.54) is 27.4 Å². The van der Waals surface area contributed by atoms with Crippen LogP contribution >= 0.6 is 0 Å². The second kappa shape index (κ2) is 9.98. The molecule has 0 aliphatic carbocycles. The van der Waals surface area contributed by atoms with Gasteiger partial charge in [-0.05, 0) is 38.3 Å². The number of amides is 2. The van der Waals surface area contributed by atoms with Crippen molar-refractivity contribution in [2.45, 2.75) is 39.2 Å². The Morgan fingerprint density at radius 3 is 2.63 bits per heavy atom. The first-order chi connectivity index (χ1) is 14.1. The Hall–Kier alpha value is -2.53. The summed E-state index contributed by atoms with van der Waals surface area (Å²) in [6, 6.07) is 3.57. The summed E-state index contributed by atoms with van der Waals surface area (Å²) in [6.45, 7) is 4.74. The molecule has 166 valence electrons. The summed E-state index contributed by atoms with van der Waals surface area (Å²) in [5.74, 6) is -0.609. The summed E-state index contributed by atoms with van der Waals surface area (Å²) >= 11 is 0. The molecule has 1 atom stereocenters. The number of benzene rings is 1. The van der Waals surface area contributed by atoms with E-state index in [2.05, 4.69) is 5.32 Å². The molecule has 1 N–H and O–H groups in total. The number of sulfonamides is 1. The Bertz CT molecular complexity index is 918. The van der Waals surface area contributed by atoms with E-state index in [1.54, 1.807) is 13.8 Å². The molecule has 0 aromatic heterocycles. The Morgan fingerprint density at radius 1 is 1.37 bits per heavy atom. The summed E-state index contributed by atoms with van der Waals surface area (Å²) in [6.07, 6.45) is 2.84. The number of hydrogen-bond donors (Lipinski definition) is 1. The SMILES string of the molecule is CCN(CCCNC(=O)C1CCCN1C(=O)c1ccc([N+](=O)[O-])c(C)c1)S(C)(=O)=O. The molecular formula is C19H28N4O6S. The summed E-state index contributed by atoms with van der Waals surface area (Å²) in [4.78, 5) is 37.4. The molecule has 2 amide bonds. The number of aryl methyl sites for hydroxylation is 1. The van der Waals surface area contributed by atoms with Gasteiger partial charge in [0.15, 0.2) is 0 Å². The van der Waals surface area contributed by atoms with Gasteiger partial charge in [0, 0.05) is 43.4 Å². The number of nitrogens with one attached hydrogen (secondary N) is 1. The van der Waals surface area contributed by atoms with Crippen molar-refractivity contribution >= 4 is 27.5 Å². The minimum absolute atomic E-state index is 0.0579. The number of likely N-dealkylation sites (tertiary alicyclic amines) is 1. The van der Waals surface area contributed by atoms with Crippen LogP contribution in [-0.2, 0) is 14.8 Å². The fraction of sp³-hybridized carbons (Fsp3) is 0.579. The highest BCUT2D eigenvalue weighted by atomic mass is 32.2. The predicted molar refractivity (Wildman–Crippen MR) is 112 cm³/mol. The number of rotatable bonds is 9. The molecule has 1 aromatic rings. The molecule has 1 unspecified atom stereocenters. The molecule has 0 radical (unpaired) electrons. The van der Waals surface area contributed by atoms with E-state index in [9.17, 15) is 28.1 Å². The Balaban J connectivity index is 1.96. The van der Waals surface area contributed by atoms with Crippen LogP contribution in [0.5, 0.6) is 0 Å². The van der Waals surface area contributed by atoms with Gasteiger partial charge in [-0.25, -0.2) is 12.7 Å². The quantitative estimate of drug-likeness (QED) is 0.350. The lowest BCUT2D eigenvalue weighted by molar-refractivity contribution is -0.385. The lowest BCUT2D eigenvalue weighted by atomic mass is 10.1. The molecular weight excluding hydrogens is 412 g/mol. The van der Waals surface area contributed by atoms with Crippen LogP contribution in [0.2, 0.25) is 0 Å². The van der Waals surface area contributed by atoms with E-state index in [1.807, 2.05) is 0 Å². The van der Waals surface area contributed by atoms with Crippen molar-refractivity contribution in [1.82, 2.24) is 14.5 Å². The Morgan fingerprint density at radius 2 is 2.07 bits per heavy atom. The van der Waals surface area contributed by atoms with E-state index in [0.29, 0.717) is 56.6 Å². The van der Waals surface area contributed by atoms with Gasteiger partial charge < -0.3 is 10.2 Å². The van der Waals surface area contributed by atoms with Crippen molar-refractivity contribution in [1.29, 1.82) is 0 Å². The molecule has 0 bridgehead atoms. The van der Waals surface area contributed by atoms with Crippen LogP contribution in [0.1, 0.15) is 42.1 Å². The van der Waals surface area contributed by atoms with Crippen molar-refractivity contribution in [3.8, 4) is 0 Å². The number of nitro benzene ring substituents is 1. The second-order valence-corrected chi connectivity index (χ2v) is 9.30. The van der Waals surface area contributed by atoms with Gasteiger partial charge in [0.25, 0.3) is 11.6 Å². The zero-order chi connectivity index (χ0) is 22.5. The maximum absolute atomic E-state index is 12.9. The fourth-order valence-electron chi connectivity index (χ4n) is 3.58. The first kappa shape index (κ1) is 23.7. The number of carbonyl (C=O) groups is 2. The molecule has 0 saturated carbocycles. The second-order valence-electron chi connectivity index (χ2n) is 7.31. The van der Waals surface area contributed by atoms with Crippen LogP contribution < -0.4 is 5.32 Å². The first-order valence-electron chi connectivity index (χ1n) is 9.85. The summed E-state index contributed by atoms with van der Waals surface area (Å²) < 4.78 is 24.5. The molecule has 1 aromatic carbocycles. The van der Waals surface area contributed by atoms with Gasteiger partial charge in [-0.1, -0.05) is 6.92 Å². The van der Waals surface area contributed by atoms with Crippen molar-refractivity contribution < 1.29 is 22.9 Å². The lowest BCUT2D eigenvalue weighted by Crippen LogP contribution is -2.46. The monoisotopic (exact) mass is 440 g/mol. The average Bonchev–Trinajstić information content (AvgIpc) is 3.15. The molecule has 0 spiro atoms. The largest absolute Gasteiger partial charge is 0.354 e. The van der Waals surface area contributed by atoms with Gasteiger partial charge in [0.2, 0.25) is 15.9 Å². The third kappa shape index (κ3) is 5.76. The molecule has 30 heavy (non-hydrogen) atoms. The third-order valence-electron chi connectivity index (χ3n) is 5.16. The van der Waals surface area contributed by atoms with Crippen LogP contribution in [0.15, 0.2) is 18.2 Å². The van der Waals surface area contributed by atoms with Crippen LogP contribution in [-0.4, -0.2) is 72.8 Å². The first-order valence-corrected chi connectivity index (χ1v) is 11.7.